The average molecular weight is 843 g/mol. The Morgan fingerprint density at radius 3 is 1.21 bits per heavy atom. The predicted molar refractivity (Wildman–Crippen MR) is 207 cm³/mol. The zero-order chi connectivity index (χ0) is 41.0. The van der Waals surface area contributed by atoms with Gasteiger partial charge in [-0.05, 0) is 121 Å². The van der Waals surface area contributed by atoms with E-state index in [1.807, 2.05) is 0 Å². The Bertz CT molecular complexity index is 2880. The minimum Gasteiger partial charge on any atom is -0.508 e. The van der Waals surface area contributed by atoms with Crippen LogP contribution in [0.3, 0.4) is 0 Å². The SMILES string of the molecule is Cc1cc(S(=O)(=O)Nc2cc(S(=O)(=O)O)c3cc(O)ccc3c2)ccc1NC(=O)Nc1ccc(S(=O)(=O)Nc2cc(S(=O)(=O)O)c3cc(O)ccc3c2)cc1C. The second kappa shape index (κ2) is 14.3. The molecule has 56 heavy (non-hydrogen) atoms. The van der Waals surface area contributed by atoms with Gasteiger partial charge in [-0.15, -0.1) is 0 Å². The number of fused-ring (bicyclic) bond motifs is 2. The Morgan fingerprint density at radius 2 is 0.875 bits per heavy atom. The number of phenols is 2. The molecule has 292 valence electrons. The molecule has 0 radical (unpaired) electrons. The molecule has 8 N–H and O–H groups in total. The standard InChI is InChI=1S/C35H30N4O13S4/c1-19-11-27(53(43,44)38-23-13-21-3-5-25(40)17-29(21)33(15-23)55(47,48)49)7-9-31(19)36-35(42)37-32-10-8-28(12-20(32)2)54(45,46)39-24-14-22-4-6-26(41)18-30(22)34(16-24)56(50,51)52/h3-18,38-41H,1-2H3,(H2,36,37,42)(H,47,48,49)(H,50,51,52). The number of sulfonamides is 2. The Balaban J connectivity index is 1.16. The molecule has 6 aromatic rings. The van der Waals surface area contributed by atoms with Gasteiger partial charge in [-0.1, -0.05) is 12.1 Å². The second-order valence-corrected chi connectivity index (χ2v) is 18.6. The molecular weight excluding hydrogens is 813 g/mol. The van der Waals surface area contributed by atoms with E-state index < -0.39 is 56.1 Å². The number of aromatic hydroxyl groups is 2. The Morgan fingerprint density at radius 1 is 0.500 bits per heavy atom. The fourth-order valence-electron chi connectivity index (χ4n) is 5.76. The molecule has 0 aliphatic rings. The van der Waals surface area contributed by atoms with Crippen molar-refractivity contribution in [1.82, 2.24) is 0 Å². The molecule has 0 spiro atoms. The number of phenolic OH excluding ortho intramolecular Hbond substituents is 2. The number of hydrogen-bond acceptors (Lipinski definition) is 11. The van der Waals surface area contributed by atoms with Crippen LogP contribution in [0.2, 0.25) is 0 Å². The molecule has 0 aliphatic carbocycles. The summed E-state index contributed by atoms with van der Waals surface area (Å²) in [5.74, 6) is -0.545. The van der Waals surface area contributed by atoms with Gasteiger partial charge in [0.25, 0.3) is 40.3 Å². The molecule has 0 heterocycles. The normalized spacial score (nSPS) is 12.4. The molecular formula is C35H30N4O13S4. The van der Waals surface area contributed by atoms with Crippen LogP contribution in [-0.4, -0.2) is 59.0 Å². The summed E-state index contributed by atoms with van der Waals surface area (Å²) in [6, 6.07) is 18.6. The monoisotopic (exact) mass is 842 g/mol. The predicted octanol–water partition coefficient (Wildman–Crippen LogP) is 5.76. The first kappa shape index (κ1) is 39.7. The summed E-state index contributed by atoms with van der Waals surface area (Å²) in [6.07, 6.45) is 0. The number of carbonyl (C=O) groups is 1. The lowest BCUT2D eigenvalue weighted by molar-refractivity contribution is 0.262. The van der Waals surface area contributed by atoms with Crippen LogP contribution in [0.15, 0.2) is 117 Å². The largest absolute Gasteiger partial charge is 0.508 e. The van der Waals surface area contributed by atoms with Gasteiger partial charge in [-0.3, -0.25) is 18.5 Å². The summed E-state index contributed by atoms with van der Waals surface area (Å²) in [6.45, 7) is 3.04. The number of hydrogen-bond donors (Lipinski definition) is 8. The number of anilines is 4. The zero-order valence-corrected chi connectivity index (χ0v) is 32.1. The minimum absolute atomic E-state index is 0.0343. The van der Waals surface area contributed by atoms with Crippen molar-refractivity contribution in [1.29, 1.82) is 0 Å². The number of urea groups is 1. The highest BCUT2D eigenvalue weighted by molar-refractivity contribution is 7.93. The second-order valence-electron chi connectivity index (χ2n) is 12.5. The van der Waals surface area contributed by atoms with E-state index in [4.69, 9.17) is 0 Å². The van der Waals surface area contributed by atoms with E-state index in [1.165, 1.54) is 86.6 Å². The van der Waals surface area contributed by atoms with Gasteiger partial charge >= 0.3 is 6.03 Å². The van der Waals surface area contributed by atoms with Crippen molar-refractivity contribution in [3.63, 3.8) is 0 Å². The summed E-state index contributed by atoms with van der Waals surface area (Å²) < 4.78 is 125. The first-order valence-corrected chi connectivity index (χ1v) is 21.7. The lowest BCUT2D eigenvalue weighted by atomic mass is 10.1. The molecule has 0 saturated carbocycles. The minimum atomic E-state index is -4.82. The third kappa shape index (κ3) is 8.46. The van der Waals surface area contributed by atoms with E-state index in [9.17, 15) is 57.8 Å². The van der Waals surface area contributed by atoms with Crippen molar-refractivity contribution in [2.75, 3.05) is 20.1 Å². The van der Waals surface area contributed by atoms with Crippen molar-refractivity contribution in [3.05, 3.63) is 108 Å². The fraction of sp³-hybridized carbons (Fsp3) is 0.0571. The van der Waals surface area contributed by atoms with Gasteiger partial charge in [-0.25, -0.2) is 21.6 Å². The van der Waals surface area contributed by atoms with Gasteiger partial charge in [0.05, 0.1) is 21.2 Å². The van der Waals surface area contributed by atoms with Crippen molar-refractivity contribution >= 4 is 90.6 Å². The summed E-state index contributed by atoms with van der Waals surface area (Å²) in [5, 5.41) is 25.1. The van der Waals surface area contributed by atoms with E-state index in [0.29, 0.717) is 11.1 Å². The van der Waals surface area contributed by atoms with Crippen molar-refractivity contribution in [2.24, 2.45) is 0 Å². The van der Waals surface area contributed by atoms with Crippen LogP contribution in [0.1, 0.15) is 11.1 Å². The Hall–Kier alpha value is -5.97. The molecule has 6 aromatic carbocycles. The van der Waals surface area contributed by atoms with Crippen LogP contribution in [0, 0.1) is 13.8 Å². The molecule has 0 atom stereocenters. The summed E-state index contributed by atoms with van der Waals surface area (Å²) in [5.41, 5.74) is 0.641. The molecule has 0 aromatic heterocycles. The molecule has 21 heteroatoms. The maximum Gasteiger partial charge on any atom is 0.323 e. The van der Waals surface area contributed by atoms with E-state index in [-0.39, 0.29) is 65.6 Å². The molecule has 6 rings (SSSR count). The highest BCUT2D eigenvalue weighted by atomic mass is 32.2. The molecule has 0 unspecified atom stereocenters. The molecule has 0 bridgehead atoms. The van der Waals surface area contributed by atoms with E-state index in [2.05, 4.69) is 20.1 Å². The van der Waals surface area contributed by atoms with Crippen molar-refractivity contribution < 1.29 is 57.8 Å². The molecule has 0 fully saturated rings. The fourth-order valence-corrected chi connectivity index (χ4v) is 9.47. The highest BCUT2D eigenvalue weighted by Gasteiger charge is 2.23. The third-order valence-electron chi connectivity index (χ3n) is 8.37. The van der Waals surface area contributed by atoms with Gasteiger partial charge < -0.3 is 20.8 Å². The van der Waals surface area contributed by atoms with Crippen molar-refractivity contribution in [2.45, 2.75) is 33.4 Å². The molecule has 0 aliphatic heterocycles. The zero-order valence-electron chi connectivity index (χ0n) is 28.8. The summed E-state index contributed by atoms with van der Waals surface area (Å²) in [7, 11) is -18.3. The van der Waals surface area contributed by atoms with Crippen LogP contribution < -0.4 is 20.1 Å². The van der Waals surface area contributed by atoms with Gasteiger partial charge in [-0.2, -0.15) is 16.8 Å². The van der Waals surface area contributed by atoms with Gasteiger partial charge in [0, 0.05) is 22.1 Å². The van der Waals surface area contributed by atoms with E-state index in [1.54, 1.807) is 0 Å². The summed E-state index contributed by atoms with van der Waals surface area (Å²) in [4.78, 5) is 11.2. The van der Waals surface area contributed by atoms with Crippen molar-refractivity contribution in [3.8, 4) is 11.5 Å². The first-order valence-electron chi connectivity index (χ1n) is 15.8. The number of rotatable bonds is 10. The Kier molecular flexibility index (Phi) is 10.1. The molecule has 0 saturated heterocycles. The maximum atomic E-state index is 13.3. The molecule has 2 amide bonds. The van der Waals surface area contributed by atoms with Crippen LogP contribution in [0.4, 0.5) is 27.5 Å². The number of benzene rings is 6. The maximum absolute atomic E-state index is 13.3. The summed E-state index contributed by atoms with van der Waals surface area (Å²) >= 11 is 0. The van der Waals surface area contributed by atoms with Crippen LogP contribution >= 0.6 is 0 Å². The van der Waals surface area contributed by atoms with Crippen LogP contribution in [-0.2, 0) is 40.3 Å². The van der Waals surface area contributed by atoms with E-state index >= 15 is 0 Å². The van der Waals surface area contributed by atoms with Gasteiger partial charge in [0.15, 0.2) is 0 Å². The number of nitrogens with one attached hydrogen (secondary N) is 4. The number of carbonyl (C=O) groups excluding carboxylic acids is 1. The quantitative estimate of drug-likeness (QED) is 0.0763. The van der Waals surface area contributed by atoms with Crippen LogP contribution in [0.25, 0.3) is 21.5 Å². The Labute approximate surface area is 320 Å². The smallest absolute Gasteiger partial charge is 0.323 e. The highest BCUT2D eigenvalue weighted by Crippen LogP contribution is 2.33. The topological polar surface area (TPSA) is 283 Å². The van der Waals surface area contributed by atoms with Gasteiger partial charge in [0.2, 0.25) is 0 Å². The molecule has 17 nitrogen and oxygen atoms in total. The lowest BCUT2D eigenvalue weighted by Gasteiger charge is -2.15. The number of aryl methyl sites for hydroxylation is 2. The third-order valence-corrected chi connectivity index (χ3v) is 12.9. The average Bonchev–Trinajstić information content (AvgIpc) is 3.08. The first-order chi connectivity index (χ1) is 26.0. The number of amides is 2. The van der Waals surface area contributed by atoms with E-state index in [0.717, 1.165) is 24.3 Å². The van der Waals surface area contributed by atoms with Gasteiger partial charge in [0.1, 0.15) is 21.3 Å². The lowest BCUT2D eigenvalue weighted by Crippen LogP contribution is -2.21. The van der Waals surface area contributed by atoms with Crippen LogP contribution in [0.5, 0.6) is 11.5 Å².